The Bertz CT molecular complexity index is 1020. The third-order valence-corrected chi connectivity index (χ3v) is 5.76. The van der Waals surface area contributed by atoms with Crippen molar-refractivity contribution in [1.29, 1.82) is 0 Å². The lowest BCUT2D eigenvalue weighted by Gasteiger charge is -2.17. The smallest absolute Gasteiger partial charge is 0.319 e. The number of ether oxygens (including phenoxy) is 1. The molecule has 9 heteroatoms. The number of benzene rings is 1. The molecule has 0 fully saturated rings. The highest BCUT2D eigenvalue weighted by atomic mass is 32.1. The van der Waals surface area contributed by atoms with Gasteiger partial charge in [-0.2, -0.15) is 0 Å². The van der Waals surface area contributed by atoms with Crippen molar-refractivity contribution in [3.8, 4) is 11.4 Å². The van der Waals surface area contributed by atoms with Crippen molar-refractivity contribution in [2.24, 2.45) is 0 Å². The van der Waals surface area contributed by atoms with Crippen LogP contribution in [0.4, 0.5) is 10.5 Å². The molecular formula is C20H21N5O3S. The first-order valence-corrected chi connectivity index (χ1v) is 10.2. The number of rotatable bonds is 6. The van der Waals surface area contributed by atoms with Gasteiger partial charge < -0.3 is 19.9 Å². The molecule has 8 nitrogen and oxygen atoms in total. The van der Waals surface area contributed by atoms with Crippen LogP contribution in [-0.4, -0.2) is 33.9 Å². The van der Waals surface area contributed by atoms with Crippen molar-refractivity contribution in [3.63, 3.8) is 0 Å². The second-order valence-corrected chi connectivity index (χ2v) is 7.70. The zero-order valence-corrected chi connectivity index (χ0v) is 16.7. The van der Waals surface area contributed by atoms with Crippen molar-refractivity contribution in [3.05, 3.63) is 52.5 Å². The Balaban J connectivity index is 1.47. The summed E-state index contributed by atoms with van der Waals surface area (Å²) in [6.45, 7) is 0.909. The number of amides is 2. The van der Waals surface area contributed by atoms with E-state index < -0.39 is 12.1 Å². The average molecular weight is 411 g/mol. The Morgan fingerprint density at radius 3 is 2.97 bits per heavy atom. The van der Waals surface area contributed by atoms with Crippen LogP contribution in [0.2, 0.25) is 0 Å². The van der Waals surface area contributed by atoms with Crippen LogP contribution in [0.3, 0.4) is 0 Å². The maximum absolute atomic E-state index is 12.6. The molecule has 2 N–H and O–H groups in total. The fraction of sp³-hybridized carbons (Fsp3) is 0.300. The molecule has 4 rings (SSSR count). The third-order valence-electron chi connectivity index (χ3n) is 4.78. The van der Waals surface area contributed by atoms with Gasteiger partial charge in [-0.15, -0.1) is 21.5 Å². The van der Waals surface area contributed by atoms with Crippen LogP contribution in [0, 0.1) is 0 Å². The monoisotopic (exact) mass is 411 g/mol. The van der Waals surface area contributed by atoms with Gasteiger partial charge in [0.05, 0.1) is 19.6 Å². The van der Waals surface area contributed by atoms with E-state index in [4.69, 9.17) is 4.74 Å². The predicted molar refractivity (Wildman–Crippen MR) is 110 cm³/mol. The number of hydrogen-bond acceptors (Lipinski definition) is 6. The van der Waals surface area contributed by atoms with Gasteiger partial charge in [-0.3, -0.25) is 4.79 Å². The minimum atomic E-state index is -0.453. The lowest BCUT2D eigenvalue weighted by atomic mass is 10.1. The molecule has 0 saturated heterocycles. The summed E-state index contributed by atoms with van der Waals surface area (Å²) in [5.41, 5.74) is 1.53. The SMILES string of the molecule is COC(=O)CC(NC(=O)Nc1cccc(-c2nnc3n2CCC3)c1)c1cccs1. The van der Waals surface area contributed by atoms with Gasteiger partial charge in [0.25, 0.3) is 0 Å². The minimum absolute atomic E-state index is 0.0658. The van der Waals surface area contributed by atoms with E-state index >= 15 is 0 Å². The van der Waals surface area contributed by atoms with Crippen LogP contribution in [0.15, 0.2) is 41.8 Å². The van der Waals surface area contributed by atoms with E-state index in [1.165, 1.54) is 18.4 Å². The number of carbonyl (C=O) groups is 2. The standard InChI is InChI=1S/C20H21N5O3S/c1-28-18(26)12-15(16-7-4-10-29-16)22-20(27)21-14-6-2-5-13(11-14)19-24-23-17-8-3-9-25(17)19/h2,4-7,10-11,15H,3,8-9,12H2,1H3,(H2,21,22,27). The number of esters is 1. The molecule has 1 unspecified atom stereocenters. The molecule has 1 aromatic carbocycles. The zero-order valence-electron chi connectivity index (χ0n) is 15.9. The number of thiophene rings is 1. The maximum Gasteiger partial charge on any atom is 0.319 e. The molecule has 150 valence electrons. The molecule has 0 saturated carbocycles. The highest BCUT2D eigenvalue weighted by Crippen LogP contribution is 2.26. The first-order valence-electron chi connectivity index (χ1n) is 9.34. The molecule has 1 atom stereocenters. The number of nitrogens with one attached hydrogen (secondary N) is 2. The number of hydrogen-bond donors (Lipinski definition) is 2. The molecule has 1 aliphatic heterocycles. The molecule has 1 aliphatic rings. The number of urea groups is 1. The van der Waals surface area contributed by atoms with E-state index in [-0.39, 0.29) is 12.4 Å². The average Bonchev–Trinajstić information content (AvgIpc) is 3.45. The number of aromatic nitrogens is 3. The summed E-state index contributed by atoms with van der Waals surface area (Å²) in [4.78, 5) is 25.2. The van der Waals surface area contributed by atoms with E-state index in [1.54, 1.807) is 0 Å². The van der Waals surface area contributed by atoms with Gasteiger partial charge in [0.15, 0.2) is 5.82 Å². The molecule has 29 heavy (non-hydrogen) atoms. The van der Waals surface area contributed by atoms with Crippen LogP contribution in [-0.2, 0) is 22.5 Å². The molecule has 0 radical (unpaired) electrons. The van der Waals surface area contributed by atoms with E-state index in [1.807, 2.05) is 41.8 Å². The van der Waals surface area contributed by atoms with E-state index in [0.717, 1.165) is 41.5 Å². The summed E-state index contributed by atoms with van der Waals surface area (Å²) in [5, 5.41) is 16.1. The Morgan fingerprint density at radius 2 is 2.17 bits per heavy atom. The molecule has 2 aromatic heterocycles. The van der Waals surface area contributed by atoms with Gasteiger partial charge in [0.1, 0.15) is 5.82 Å². The Kier molecular flexibility index (Phi) is 5.57. The van der Waals surface area contributed by atoms with Crippen LogP contribution in [0.5, 0.6) is 0 Å². The van der Waals surface area contributed by atoms with Gasteiger partial charge in [0.2, 0.25) is 0 Å². The number of carbonyl (C=O) groups excluding carboxylic acids is 2. The van der Waals surface area contributed by atoms with Gasteiger partial charge >= 0.3 is 12.0 Å². The normalized spacial score (nSPS) is 13.6. The Morgan fingerprint density at radius 1 is 1.28 bits per heavy atom. The first kappa shape index (κ1) is 19.1. The van der Waals surface area contributed by atoms with Gasteiger partial charge in [-0.05, 0) is 30.0 Å². The molecule has 2 amide bonds. The molecule has 0 spiro atoms. The first-order chi connectivity index (χ1) is 14.1. The lowest BCUT2D eigenvalue weighted by molar-refractivity contribution is -0.141. The number of nitrogens with zero attached hydrogens (tertiary/aromatic N) is 3. The Hall–Kier alpha value is -3.20. The summed E-state index contributed by atoms with van der Waals surface area (Å²) in [6.07, 6.45) is 2.08. The van der Waals surface area contributed by atoms with Crippen LogP contribution in [0.25, 0.3) is 11.4 Å². The van der Waals surface area contributed by atoms with Crippen molar-refractivity contribution in [2.75, 3.05) is 12.4 Å². The van der Waals surface area contributed by atoms with E-state index in [2.05, 4.69) is 25.4 Å². The van der Waals surface area contributed by atoms with Crippen molar-refractivity contribution in [2.45, 2.75) is 31.8 Å². The molecule has 3 aromatic rings. The number of aryl methyl sites for hydroxylation is 1. The number of fused-ring (bicyclic) bond motifs is 1. The maximum atomic E-state index is 12.6. The minimum Gasteiger partial charge on any atom is -0.469 e. The van der Waals surface area contributed by atoms with Crippen molar-refractivity contribution < 1.29 is 14.3 Å². The van der Waals surface area contributed by atoms with E-state index in [0.29, 0.717) is 5.69 Å². The van der Waals surface area contributed by atoms with Crippen LogP contribution >= 0.6 is 11.3 Å². The largest absolute Gasteiger partial charge is 0.469 e. The highest BCUT2D eigenvalue weighted by Gasteiger charge is 2.21. The fourth-order valence-electron chi connectivity index (χ4n) is 3.39. The van der Waals surface area contributed by atoms with Crippen molar-refractivity contribution >= 4 is 29.0 Å². The number of methoxy groups -OCH3 is 1. The van der Waals surface area contributed by atoms with Crippen LogP contribution in [0.1, 0.15) is 29.6 Å². The van der Waals surface area contributed by atoms with Gasteiger partial charge in [-0.1, -0.05) is 18.2 Å². The lowest BCUT2D eigenvalue weighted by Crippen LogP contribution is -2.33. The second kappa shape index (κ2) is 8.44. The topological polar surface area (TPSA) is 98.1 Å². The molecule has 0 aliphatic carbocycles. The summed E-state index contributed by atoms with van der Waals surface area (Å²) in [7, 11) is 1.33. The fourth-order valence-corrected chi connectivity index (χ4v) is 4.17. The number of anilines is 1. The van der Waals surface area contributed by atoms with Crippen molar-refractivity contribution in [1.82, 2.24) is 20.1 Å². The predicted octanol–water partition coefficient (Wildman–Crippen LogP) is 3.38. The summed E-state index contributed by atoms with van der Waals surface area (Å²) >= 11 is 1.48. The molecular weight excluding hydrogens is 390 g/mol. The van der Waals surface area contributed by atoms with Gasteiger partial charge in [-0.25, -0.2) is 4.79 Å². The van der Waals surface area contributed by atoms with Gasteiger partial charge in [0, 0.05) is 29.1 Å². The van der Waals surface area contributed by atoms with Crippen LogP contribution < -0.4 is 10.6 Å². The second-order valence-electron chi connectivity index (χ2n) is 6.72. The quantitative estimate of drug-likeness (QED) is 0.606. The third kappa shape index (κ3) is 4.29. The Labute approximate surface area is 171 Å². The summed E-state index contributed by atoms with van der Waals surface area (Å²) in [6, 6.07) is 10.4. The summed E-state index contributed by atoms with van der Waals surface area (Å²) in [5.74, 6) is 1.42. The highest BCUT2D eigenvalue weighted by molar-refractivity contribution is 7.10. The zero-order chi connectivity index (χ0) is 20.2. The molecule has 3 heterocycles. The molecule has 0 bridgehead atoms. The van der Waals surface area contributed by atoms with E-state index in [9.17, 15) is 9.59 Å². The summed E-state index contributed by atoms with van der Waals surface area (Å²) < 4.78 is 6.86.